The number of methoxy groups -OCH3 is 1. The Bertz CT molecular complexity index is 994. The van der Waals surface area contributed by atoms with E-state index in [-0.39, 0.29) is 53.8 Å². The van der Waals surface area contributed by atoms with Crippen molar-refractivity contribution in [2.75, 3.05) is 20.3 Å². The SMILES string of the molecule is COC12C(CO)C3=C(C(=O)C(C)=C(OCc4ccco4)C3=O)N1CC1NC12.NC(=O)O. The predicted molar refractivity (Wildman–Crippen MR) is 103 cm³/mol. The summed E-state index contributed by atoms with van der Waals surface area (Å²) in [5.41, 5.74) is 4.02. The molecule has 0 aromatic carbocycles. The minimum atomic E-state index is -1.33. The van der Waals surface area contributed by atoms with Crippen molar-refractivity contribution >= 4 is 17.7 Å². The summed E-state index contributed by atoms with van der Waals surface area (Å²) >= 11 is 0. The van der Waals surface area contributed by atoms with E-state index in [0.717, 1.165) is 0 Å². The van der Waals surface area contributed by atoms with E-state index in [0.29, 0.717) is 18.0 Å². The summed E-state index contributed by atoms with van der Waals surface area (Å²) in [5.74, 6) is -0.663. The molecule has 3 aliphatic heterocycles. The van der Waals surface area contributed by atoms with Gasteiger partial charge in [0.05, 0.1) is 30.5 Å². The number of amides is 1. The normalized spacial score (nSPS) is 30.5. The number of nitrogens with one attached hydrogen (secondary N) is 1. The van der Waals surface area contributed by atoms with E-state index >= 15 is 0 Å². The van der Waals surface area contributed by atoms with E-state index in [9.17, 15) is 14.7 Å². The molecule has 4 aliphatic rings. The molecule has 166 valence electrons. The molecule has 2 saturated heterocycles. The summed E-state index contributed by atoms with van der Waals surface area (Å²) in [7, 11) is 1.56. The van der Waals surface area contributed by atoms with Crippen LogP contribution >= 0.6 is 0 Å². The fourth-order valence-corrected chi connectivity index (χ4v) is 4.83. The van der Waals surface area contributed by atoms with Crippen LogP contribution in [-0.2, 0) is 25.7 Å². The van der Waals surface area contributed by atoms with Gasteiger partial charge in [-0.15, -0.1) is 0 Å². The first kappa shape index (κ1) is 21.1. The van der Waals surface area contributed by atoms with Gasteiger partial charge in [-0.25, -0.2) is 4.79 Å². The standard InChI is InChI=1S/C19H20N2O6.CH3NO2/c1-9-15(23)14-13(16(24)17(9)27-8-10-4-3-5-26-10)11(7-22)19(25-2)18-12(20-18)6-21(14)19;2-1(3)4/h3-5,11-12,18,20,22H,6-8H2,1-2H3;2H2,(H,3,4). The number of nitrogens with zero attached hydrogens (tertiary/aromatic N) is 1. The second kappa shape index (κ2) is 7.52. The zero-order chi connectivity index (χ0) is 22.5. The molecule has 1 aromatic heterocycles. The lowest BCUT2D eigenvalue weighted by Gasteiger charge is -2.39. The fourth-order valence-electron chi connectivity index (χ4n) is 4.83. The number of allylic oxidation sites excluding steroid dienone is 2. The van der Waals surface area contributed by atoms with E-state index in [2.05, 4.69) is 11.1 Å². The van der Waals surface area contributed by atoms with Crippen molar-refractivity contribution in [1.29, 1.82) is 0 Å². The monoisotopic (exact) mass is 433 g/mol. The number of aliphatic hydroxyl groups excluding tert-OH is 1. The van der Waals surface area contributed by atoms with Crippen LogP contribution in [0.2, 0.25) is 0 Å². The van der Waals surface area contributed by atoms with E-state index in [1.54, 1.807) is 26.2 Å². The number of rotatable bonds is 5. The summed E-state index contributed by atoms with van der Waals surface area (Å²) in [4.78, 5) is 37.0. The molecule has 0 bridgehead atoms. The Morgan fingerprint density at radius 1 is 1.42 bits per heavy atom. The molecule has 1 aromatic rings. The van der Waals surface area contributed by atoms with E-state index in [1.807, 2.05) is 4.90 Å². The molecule has 4 heterocycles. The van der Waals surface area contributed by atoms with Gasteiger partial charge in [-0.05, 0) is 19.1 Å². The van der Waals surface area contributed by atoms with E-state index in [4.69, 9.17) is 23.8 Å². The maximum absolute atomic E-state index is 13.3. The summed E-state index contributed by atoms with van der Waals surface area (Å²) in [6, 6.07) is 3.65. The lowest BCUT2D eigenvalue weighted by atomic mass is 9.83. The quantitative estimate of drug-likeness (QED) is 0.357. The molecule has 0 saturated carbocycles. The molecule has 2 fully saturated rings. The summed E-state index contributed by atoms with van der Waals surface area (Å²) in [5, 5.41) is 20.6. The first-order valence-electron chi connectivity index (χ1n) is 9.65. The predicted octanol–water partition coefficient (Wildman–Crippen LogP) is -0.280. The molecule has 0 radical (unpaired) electrons. The third kappa shape index (κ3) is 3.04. The number of Topliss-reactive ketones (excluding diaryl/α,β-unsaturated/α-hetero) is 2. The minimum absolute atomic E-state index is 0.0151. The van der Waals surface area contributed by atoms with Crippen LogP contribution in [0.15, 0.2) is 45.4 Å². The van der Waals surface area contributed by atoms with Crippen LogP contribution in [0.5, 0.6) is 0 Å². The second-order valence-corrected chi connectivity index (χ2v) is 7.63. The molecular weight excluding hydrogens is 410 g/mol. The second-order valence-electron chi connectivity index (χ2n) is 7.63. The minimum Gasteiger partial charge on any atom is -0.481 e. The highest BCUT2D eigenvalue weighted by Gasteiger charge is 2.72. The van der Waals surface area contributed by atoms with Gasteiger partial charge in [0.1, 0.15) is 12.4 Å². The average Bonchev–Trinajstić information content (AvgIpc) is 3.09. The van der Waals surface area contributed by atoms with Crippen molar-refractivity contribution in [3.8, 4) is 0 Å². The van der Waals surface area contributed by atoms with Gasteiger partial charge in [-0.2, -0.15) is 0 Å². The molecule has 11 nitrogen and oxygen atoms in total. The lowest BCUT2D eigenvalue weighted by molar-refractivity contribution is -0.137. The third-order valence-corrected chi connectivity index (χ3v) is 6.10. The number of ether oxygens (including phenoxy) is 2. The molecule has 5 N–H and O–H groups in total. The fraction of sp³-hybridized carbons (Fsp3) is 0.450. The van der Waals surface area contributed by atoms with Crippen LogP contribution in [0.4, 0.5) is 4.79 Å². The number of ketones is 2. The zero-order valence-corrected chi connectivity index (χ0v) is 17.0. The van der Waals surface area contributed by atoms with Crippen molar-refractivity contribution < 1.29 is 38.5 Å². The molecule has 0 spiro atoms. The Labute approximate surface area is 177 Å². The molecule has 11 heteroatoms. The first-order chi connectivity index (χ1) is 14.8. The number of furan rings is 1. The van der Waals surface area contributed by atoms with Gasteiger partial charge in [-0.3, -0.25) is 9.59 Å². The number of aliphatic hydroxyl groups is 1. The van der Waals surface area contributed by atoms with Crippen LogP contribution in [0.25, 0.3) is 0 Å². The van der Waals surface area contributed by atoms with Gasteiger partial charge in [-0.1, -0.05) is 0 Å². The Balaban J connectivity index is 0.000000535. The summed E-state index contributed by atoms with van der Waals surface area (Å²) < 4.78 is 16.7. The number of piperazine rings is 1. The number of hydrogen-bond acceptors (Lipinski definition) is 9. The van der Waals surface area contributed by atoms with Gasteiger partial charge < -0.3 is 40.1 Å². The van der Waals surface area contributed by atoms with Gasteiger partial charge in [0, 0.05) is 30.8 Å². The maximum atomic E-state index is 13.3. The van der Waals surface area contributed by atoms with Crippen molar-refractivity contribution in [1.82, 2.24) is 10.2 Å². The number of carboxylic acid groups (broad SMARTS) is 1. The number of fused-ring (bicyclic) bond motifs is 4. The Kier molecular flexibility index (Phi) is 5.12. The first-order valence-corrected chi connectivity index (χ1v) is 9.65. The molecule has 31 heavy (non-hydrogen) atoms. The zero-order valence-electron chi connectivity index (χ0n) is 17.0. The van der Waals surface area contributed by atoms with Gasteiger partial charge >= 0.3 is 6.09 Å². The molecule has 4 atom stereocenters. The molecule has 4 unspecified atom stereocenters. The number of carbonyl (C=O) groups excluding carboxylic acids is 2. The third-order valence-electron chi connectivity index (χ3n) is 6.10. The van der Waals surface area contributed by atoms with E-state index in [1.165, 1.54) is 6.26 Å². The Morgan fingerprint density at radius 2 is 2.13 bits per heavy atom. The van der Waals surface area contributed by atoms with Crippen molar-refractivity contribution in [3.05, 3.63) is 46.8 Å². The van der Waals surface area contributed by atoms with Gasteiger partial charge in [0.2, 0.25) is 11.6 Å². The molecule has 1 aliphatic carbocycles. The number of hydrogen-bond donors (Lipinski definition) is 4. The topological polar surface area (TPSA) is 174 Å². The summed E-state index contributed by atoms with van der Waals surface area (Å²) in [6.45, 7) is 1.92. The van der Waals surface area contributed by atoms with Crippen molar-refractivity contribution in [3.63, 3.8) is 0 Å². The van der Waals surface area contributed by atoms with Crippen LogP contribution in [0, 0.1) is 5.92 Å². The largest absolute Gasteiger partial charge is 0.481 e. The van der Waals surface area contributed by atoms with Gasteiger partial charge in [0.25, 0.3) is 0 Å². The molecule has 1 amide bonds. The van der Waals surface area contributed by atoms with Crippen LogP contribution in [0.3, 0.4) is 0 Å². The Hall–Kier alpha value is -3.15. The Morgan fingerprint density at radius 3 is 2.71 bits per heavy atom. The van der Waals surface area contributed by atoms with Gasteiger partial charge in [0.15, 0.2) is 11.5 Å². The van der Waals surface area contributed by atoms with Crippen molar-refractivity contribution in [2.24, 2.45) is 11.7 Å². The van der Waals surface area contributed by atoms with Crippen LogP contribution in [-0.4, -0.2) is 70.8 Å². The highest BCUT2D eigenvalue weighted by atomic mass is 16.5. The van der Waals surface area contributed by atoms with E-state index < -0.39 is 17.7 Å². The highest BCUT2D eigenvalue weighted by molar-refractivity contribution is 6.25. The number of nitrogens with two attached hydrogens (primary N) is 1. The number of primary amides is 1. The van der Waals surface area contributed by atoms with Crippen LogP contribution < -0.4 is 11.1 Å². The molecular formula is C20H23N3O8. The molecule has 5 rings (SSSR count). The maximum Gasteiger partial charge on any atom is 0.402 e. The average molecular weight is 433 g/mol. The van der Waals surface area contributed by atoms with Crippen LogP contribution in [0.1, 0.15) is 12.7 Å². The lowest BCUT2D eigenvalue weighted by Crippen LogP contribution is -2.54. The highest BCUT2D eigenvalue weighted by Crippen LogP contribution is 2.55. The van der Waals surface area contributed by atoms with Crippen molar-refractivity contribution in [2.45, 2.75) is 31.3 Å². The summed E-state index contributed by atoms with van der Waals surface area (Å²) in [6.07, 6.45) is 0.184. The smallest absolute Gasteiger partial charge is 0.402 e. The number of carbonyl (C=O) groups is 3.